The van der Waals surface area contributed by atoms with Crippen LogP contribution in [0.1, 0.15) is 0 Å². The van der Waals surface area contributed by atoms with Crippen molar-refractivity contribution in [1.82, 2.24) is 5.10 Å². The SMILES string of the molecule is [C]1=c2ccccc2=[N+]N=C1. The molecule has 0 N–H and O–H groups in total. The predicted molar refractivity (Wildman–Crippen MR) is 38.8 cm³/mol. The molecule has 0 fully saturated rings. The van der Waals surface area contributed by atoms with Crippen molar-refractivity contribution in [3.05, 3.63) is 34.8 Å². The smallest absolute Gasteiger partial charge is 0.0611 e. The summed E-state index contributed by atoms with van der Waals surface area (Å²) in [5.74, 6) is 0. The summed E-state index contributed by atoms with van der Waals surface area (Å²) in [5, 5.41) is 9.51. The second kappa shape index (κ2) is 2.06. The van der Waals surface area contributed by atoms with Gasteiger partial charge in [0.05, 0.1) is 10.3 Å². The summed E-state index contributed by atoms with van der Waals surface area (Å²) in [6.07, 6.45) is 4.55. The van der Waals surface area contributed by atoms with Gasteiger partial charge in [0, 0.05) is 12.1 Å². The lowest BCUT2D eigenvalue weighted by molar-refractivity contribution is 0.992. The van der Waals surface area contributed by atoms with Gasteiger partial charge in [0.15, 0.2) is 0 Å². The Morgan fingerprint density at radius 3 is 3.10 bits per heavy atom. The third-order valence-corrected chi connectivity index (χ3v) is 1.35. The largest absolute Gasteiger partial charge is 0.320 e. The Labute approximate surface area is 58.2 Å². The zero-order valence-electron chi connectivity index (χ0n) is 5.28. The lowest BCUT2D eigenvalue weighted by atomic mass is 10.2. The average Bonchev–Trinajstić information content (AvgIpc) is 2.05. The van der Waals surface area contributed by atoms with Gasteiger partial charge in [0.25, 0.3) is 0 Å². The second-order valence-corrected chi connectivity index (χ2v) is 2.01. The van der Waals surface area contributed by atoms with E-state index in [0.29, 0.717) is 0 Å². The summed E-state index contributed by atoms with van der Waals surface area (Å²) in [6.45, 7) is 0. The molecular formula is C8H5N2+. The average molecular weight is 129 g/mol. The van der Waals surface area contributed by atoms with Crippen LogP contribution in [-0.2, 0) is 0 Å². The van der Waals surface area contributed by atoms with Crippen molar-refractivity contribution in [3.63, 3.8) is 0 Å². The summed E-state index contributed by atoms with van der Waals surface area (Å²) in [5.41, 5.74) is 0. The topological polar surface area (TPSA) is 26.5 Å². The normalized spacial score (nSPS) is 13.2. The zero-order valence-corrected chi connectivity index (χ0v) is 5.28. The lowest BCUT2D eigenvalue weighted by Crippen LogP contribution is -2.30. The van der Waals surface area contributed by atoms with E-state index in [1.165, 1.54) is 0 Å². The highest BCUT2D eigenvalue weighted by atomic mass is 15.2. The monoisotopic (exact) mass is 129 g/mol. The molecule has 2 heteroatoms. The fraction of sp³-hybridized carbons (Fsp3) is 0. The molecule has 1 heterocycles. The van der Waals surface area contributed by atoms with Gasteiger partial charge < -0.3 is 0 Å². The summed E-state index contributed by atoms with van der Waals surface area (Å²) in [6, 6.07) is 7.77. The Morgan fingerprint density at radius 2 is 2.20 bits per heavy atom. The minimum absolute atomic E-state index is 0.894. The van der Waals surface area contributed by atoms with Crippen LogP contribution in [0.4, 0.5) is 0 Å². The van der Waals surface area contributed by atoms with Gasteiger partial charge in [-0.1, -0.05) is 12.1 Å². The van der Waals surface area contributed by atoms with Crippen LogP contribution in [0.25, 0.3) is 6.08 Å². The first-order valence-corrected chi connectivity index (χ1v) is 3.05. The minimum Gasteiger partial charge on any atom is -0.0611 e. The van der Waals surface area contributed by atoms with Gasteiger partial charge in [-0.2, -0.15) is 0 Å². The van der Waals surface area contributed by atoms with E-state index in [1.807, 2.05) is 24.3 Å². The Balaban J connectivity index is 2.92. The summed E-state index contributed by atoms with van der Waals surface area (Å²) >= 11 is 0. The highest BCUT2D eigenvalue weighted by molar-refractivity contribution is 5.90. The van der Waals surface area contributed by atoms with Crippen molar-refractivity contribution >= 4 is 12.3 Å². The number of hydrogen-bond donors (Lipinski definition) is 0. The Bertz CT molecular complexity index is 339. The van der Waals surface area contributed by atoms with E-state index in [9.17, 15) is 0 Å². The fourth-order valence-corrected chi connectivity index (χ4v) is 0.872. The first-order valence-electron chi connectivity index (χ1n) is 3.05. The van der Waals surface area contributed by atoms with E-state index < -0.39 is 0 Å². The number of benzene rings is 1. The molecule has 0 bridgehead atoms. The second-order valence-electron chi connectivity index (χ2n) is 2.01. The molecule has 0 unspecified atom stereocenters. The van der Waals surface area contributed by atoms with E-state index in [0.717, 1.165) is 10.6 Å². The molecule has 0 spiro atoms. The summed E-state index contributed by atoms with van der Waals surface area (Å²) < 4.78 is 0. The maximum Gasteiger partial charge on any atom is 0.320 e. The Hall–Kier alpha value is -1.44. The molecule has 0 saturated heterocycles. The maximum absolute atomic E-state index is 3.90. The van der Waals surface area contributed by atoms with E-state index in [1.54, 1.807) is 6.21 Å². The number of rotatable bonds is 0. The van der Waals surface area contributed by atoms with Crippen LogP contribution in [0, 0.1) is 0 Å². The van der Waals surface area contributed by atoms with Gasteiger partial charge in [0.2, 0.25) is 5.10 Å². The standard InChI is InChI=1S/C8H5N2/c1-2-4-8-7(3-1)5-6-9-10-8/h1-4,6H/q+1. The molecule has 0 aliphatic carbocycles. The predicted octanol–water partition coefficient (Wildman–Crippen LogP) is -0.701. The molecule has 2 radical (unpaired) electrons. The zero-order chi connectivity index (χ0) is 6.81. The highest BCUT2D eigenvalue weighted by Gasteiger charge is 1.98. The van der Waals surface area contributed by atoms with Gasteiger partial charge in [-0.25, -0.2) is 0 Å². The van der Waals surface area contributed by atoms with Gasteiger partial charge in [-0.3, -0.25) is 0 Å². The molecule has 10 heavy (non-hydrogen) atoms. The van der Waals surface area contributed by atoms with Crippen LogP contribution in [-0.4, -0.2) is 6.21 Å². The molecule has 0 atom stereocenters. The van der Waals surface area contributed by atoms with Crippen molar-refractivity contribution in [2.75, 3.05) is 0 Å². The van der Waals surface area contributed by atoms with Gasteiger partial charge in [-0.05, 0) is 6.07 Å². The molecule has 46 valence electrons. The molecule has 2 nitrogen and oxygen atoms in total. The molecule has 1 aromatic carbocycles. The van der Waals surface area contributed by atoms with Crippen LogP contribution < -0.4 is 15.7 Å². The van der Waals surface area contributed by atoms with E-state index >= 15 is 0 Å². The molecule has 1 aromatic rings. The quantitative estimate of drug-likeness (QED) is 0.443. The van der Waals surface area contributed by atoms with Crippen molar-refractivity contribution < 1.29 is 0 Å². The van der Waals surface area contributed by atoms with Crippen LogP contribution >= 0.6 is 0 Å². The van der Waals surface area contributed by atoms with Crippen molar-refractivity contribution in [1.29, 1.82) is 0 Å². The van der Waals surface area contributed by atoms with Gasteiger partial charge >= 0.3 is 5.36 Å². The highest BCUT2D eigenvalue weighted by Crippen LogP contribution is 1.71. The molecule has 0 saturated carbocycles. The summed E-state index contributed by atoms with van der Waals surface area (Å²) in [4.78, 5) is 0. The van der Waals surface area contributed by atoms with Crippen LogP contribution in [0.5, 0.6) is 0 Å². The van der Waals surface area contributed by atoms with Crippen LogP contribution in [0.3, 0.4) is 0 Å². The number of hydrogen-bond acceptors (Lipinski definition) is 2. The molecular weight excluding hydrogens is 124 g/mol. The summed E-state index contributed by atoms with van der Waals surface area (Å²) in [7, 11) is 0. The number of nitrogens with zero attached hydrogens (tertiary/aromatic N) is 2. The van der Waals surface area contributed by atoms with Gasteiger partial charge in [0.1, 0.15) is 6.21 Å². The lowest BCUT2D eigenvalue weighted by Gasteiger charge is -1.78. The van der Waals surface area contributed by atoms with Gasteiger partial charge in [-0.15, -0.1) is 0 Å². The Kier molecular flexibility index (Phi) is 1.10. The van der Waals surface area contributed by atoms with Crippen molar-refractivity contribution in [3.8, 4) is 0 Å². The third kappa shape index (κ3) is 0.739. The van der Waals surface area contributed by atoms with Crippen molar-refractivity contribution in [2.45, 2.75) is 0 Å². The van der Waals surface area contributed by atoms with Crippen LogP contribution in [0.15, 0.2) is 29.4 Å². The molecule has 2 rings (SSSR count). The van der Waals surface area contributed by atoms with E-state index in [2.05, 4.69) is 16.3 Å². The van der Waals surface area contributed by atoms with Crippen molar-refractivity contribution in [2.24, 2.45) is 5.10 Å². The maximum atomic E-state index is 3.90. The first kappa shape index (κ1) is 5.35. The molecule has 0 aromatic heterocycles. The first-order chi connectivity index (χ1) is 4.97. The number of fused-ring (bicyclic) bond motifs is 1. The molecule has 1 aliphatic rings. The Morgan fingerprint density at radius 1 is 1.30 bits per heavy atom. The minimum atomic E-state index is 0.894. The fourth-order valence-electron chi connectivity index (χ4n) is 0.872. The van der Waals surface area contributed by atoms with Crippen LogP contribution in [0.2, 0.25) is 0 Å². The third-order valence-electron chi connectivity index (χ3n) is 1.35. The molecule has 0 amide bonds. The van der Waals surface area contributed by atoms with E-state index in [-0.39, 0.29) is 0 Å². The van der Waals surface area contributed by atoms with E-state index in [4.69, 9.17) is 0 Å². The molecule has 1 aliphatic heterocycles.